The van der Waals surface area contributed by atoms with Gasteiger partial charge in [0.15, 0.2) is 0 Å². The first kappa shape index (κ1) is 14.0. The van der Waals surface area contributed by atoms with Crippen LogP contribution in [0, 0.1) is 12.7 Å². The first-order valence-corrected chi connectivity index (χ1v) is 6.53. The zero-order valence-electron chi connectivity index (χ0n) is 9.88. The van der Waals surface area contributed by atoms with Crippen molar-refractivity contribution in [2.45, 2.75) is 6.92 Å². The Bertz CT molecular complexity index is 649. The van der Waals surface area contributed by atoms with E-state index in [1.807, 2.05) is 6.92 Å². The lowest BCUT2D eigenvalue weighted by atomic mass is 10.2. The maximum Gasteiger partial charge on any atom is 0.255 e. The SMILES string of the molecule is Cc1cc(NC(=O)c2ccc(F)c(Cl)c2)cnc1Br. The summed E-state index contributed by atoms with van der Waals surface area (Å²) in [7, 11) is 0. The van der Waals surface area contributed by atoms with Crippen molar-refractivity contribution in [1.82, 2.24) is 4.98 Å². The molecule has 0 saturated heterocycles. The molecule has 1 N–H and O–H groups in total. The van der Waals surface area contributed by atoms with E-state index in [1.54, 1.807) is 6.07 Å². The minimum atomic E-state index is -0.556. The second kappa shape index (κ2) is 5.67. The second-order valence-corrected chi connectivity index (χ2v) is 5.07. The average Bonchev–Trinajstić information content (AvgIpc) is 2.37. The molecular weight excluding hydrogens is 335 g/mol. The van der Waals surface area contributed by atoms with E-state index in [2.05, 4.69) is 26.2 Å². The van der Waals surface area contributed by atoms with Crippen LogP contribution in [0.25, 0.3) is 0 Å². The van der Waals surface area contributed by atoms with Gasteiger partial charge in [0.25, 0.3) is 5.91 Å². The maximum absolute atomic E-state index is 13.0. The Labute approximate surface area is 122 Å². The van der Waals surface area contributed by atoms with Crippen molar-refractivity contribution < 1.29 is 9.18 Å². The lowest BCUT2D eigenvalue weighted by Crippen LogP contribution is -2.12. The lowest BCUT2D eigenvalue weighted by Gasteiger charge is -2.07. The van der Waals surface area contributed by atoms with E-state index in [1.165, 1.54) is 18.3 Å². The minimum absolute atomic E-state index is 0.0854. The number of aromatic nitrogens is 1. The summed E-state index contributed by atoms with van der Waals surface area (Å²) < 4.78 is 13.7. The van der Waals surface area contributed by atoms with Gasteiger partial charge in [0.1, 0.15) is 10.4 Å². The van der Waals surface area contributed by atoms with Gasteiger partial charge < -0.3 is 5.32 Å². The van der Waals surface area contributed by atoms with Gasteiger partial charge in [-0.1, -0.05) is 11.6 Å². The van der Waals surface area contributed by atoms with Crippen molar-refractivity contribution >= 4 is 39.1 Å². The molecule has 1 heterocycles. The van der Waals surface area contributed by atoms with Gasteiger partial charge in [0.2, 0.25) is 0 Å². The zero-order valence-corrected chi connectivity index (χ0v) is 12.2. The predicted molar refractivity (Wildman–Crippen MR) is 76.0 cm³/mol. The van der Waals surface area contributed by atoms with Gasteiger partial charge in [0, 0.05) is 5.56 Å². The average molecular weight is 344 g/mol. The Morgan fingerprint density at radius 3 is 2.79 bits per heavy atom. The van der Waals surface area contributed by atoms with E-state index < -0.39 is 5.82 Å². The molecule has 1 aromatic heterocycles. The van der Waals surface area contributed by atoms with Crippen molar-refractivity contribution in [3.05, 3.63) is 57.0 Å². The Morgan fingerprint density at radius 1 is 1.42 bits per heavy atom. The molecule has 2 aromatic rings. The molecule has 1 aromatic carbocycles. The number of carbonyl (C=O) groups excluding carboxylic acids is 1. The summed E-state index contributed by atoms with van der Waals surface area (Å²) in [4.78, 5) is 16.0. The third kappa shape index (κ3) is 3.30. The molecule has 0 aliphatic heterocycles. The van der Waals surface area contributed by atoms with Crippen LogP contribution in [-0.4, -0.2) is 10.9 Å². The number of carbonyl (C=O) groups is 1. The van der Waals surface area contributed by atoms with E-state index in [0.29, 0.717) is 5.69 Å². The highest BCUT2D eigenvalue weighted by Crippen LogP contribution is 2.19. The summed E-state index contributed by atoms with van der Waals surface area (Å²) >= 11 is 8.91. The predicted octanol–water partition coefficient (Wildman–Crippen LogP) is 4.20. The number of hydrogen-bond donors (Lipinski definition) is 1. The summed E-state index contributed by atoms with van der Waals surface area (Å²) in [6.45, 7) is 1.86. The molecule has 0 aliphatic carbocycles. The molecule has 0 unspecified atom stereocenters. The highest BCUT2D eigenvalue weighted by atomic mass is 79.9. The number of nitrogens with zero attached hydrogens (tertiary/aromatic N) is 1. The number of pyridine rings is 1. The number of nitrogens with one attached hydrogen (secondary N) is 1. The standard InChI is InChI=1S/C13H9BrClFN2O/c1-7-4-9(6-17-12(7)14)18-13(19)8-2-3-11(16)10(15)5-8/h2-6H,1H3,(H,18,19). The van der Waals surface area contributed by atoms with Crippen LogP contribution in [0.15, 0.2) is 35.1 Å². The van der Waals surface area contributed by atoms with Gasteiger partial charge >= 0.3 is 0 Å². The molecule has 98 valence electrons. The fourth-order valence-corrected chi connectivity index (χ4v) is 1.86. The zero-order chi connectivity index (χ0) is 14.0. The van der Waals surface area contributed by atoms with Crippen LogP contribution in [-0.2, 0) is 0 Å². The Balaban J connectivity index is 2.20. The molecule has 0 atom stereocenters. The third-order valence-corrected chi connectivity index (χ3v) is 3.57. The largest absolute Gasteiger partial charge is 0.321 e. The summed E-state index contributed by atoms with van der Waals surface area (Å²) in [5.74, 6) is -0.926. The van der Waals surface area contributed by atoms with E-state index >= 15 is 0 Å². The van der Waals surface area contributed by atoms with Crippen molar-refractivity contribution in [2.75, 3.05) is 5.32 Å². The molecule has 1 amide bonds. The number of halogens is 3. The molecule has 19 heavy (non-hydrogen) atoms. The Kier molecular flexibility index (Phi) is 4.17. The molecule has 0 saturated carbocycles. The number of anilines is 1. The third-order valence-electron chi connectivity index (χ3n) is 2.45. The van der Waals surface area contributed by atoms with Gasteiger partial charge in [-0.25, -0.2) is 9.37 Å². The normalized spacial score (nSPS) is 10.3. The van der Waals surface area contributed by atoms with Crippen molar-refractivity contribution in [3.8, 4) is 0 Å². The highest BCUT2D eigenvalue weighted by Gasteiger charge is 2.09. The van der Waals surface area contributed by atoms with Gasteiger partial charge in [0.05, 0.1) is 16.9 Å². The Hall–Kier alpha value is -1.46. The molecule has 0 bridgehead atoms. The number of rotatable bonds is 2. The summed E-state index contributed by atoms with van der Waals surface area (Å²) in [6, 6.07) is 5.59. The molecule has 0 fully saturated rings. The summed E-state index contributed by atoms with van der Waals surface area (Å²) in [5.41, 5.74) is 1.74. The van der Waals surface area contributed by atoms with Gasteiger partial charge in [-0.05, 0) is 52.7 Å². The van der Waals surface area contributed by atoms with E-state index in [0.717, 1.165) is 16.2 Å². The molecule has 0 radical (unpaired) electrons. The molecule has 6 heteroatoms. The van der Waals surface area contributed by atoms with Crippen molar-refractivity contribution in [2.24, 2.45) is 0 Å². The quantitative estimate of drug-likeness (QED) is 0.831. The maximum atomic E-state index is 13.0. The molecule has 3 nitrogen and oxygen atoms in total. The molecular formula is C13H9BrClFN2O. The lowest BCUT2D eigenvalue weighted by molar-refractivity contribution is 0.102. The van der Waals surface area contributed by atoms with E-state index in [4.69, 9.17) is 11.6 Å². The smallest absolute Gasteiger partial charge is 0.255 e. The van der Waals surface area contributed by atoms with Crippen molar-refractivity contribution in [1.29, 1.82) is 0 Å². The summed E-state index contributed by atoms with van der Waals surface area (Å²) in [5, 5.41) is 2.58. The van der Waals surface area contributed by atoms with Crippen LogP contribution in [0.2, 0.25) is 5.02 Å². The first-order valence-electron chi connectivity index (χ1n) is 5.36. The first-order chi connectivity index (χ1) is 8.97. The molecule has 0 spiro atoms. The number of benzene rings is 1. The fourth-order valence-electron chi connectivity index (χ4n) is 1.47. The van der Waals surface area contributed by atoms with Gasteiger partial charge in [-0.2, -0.15) is 0 Å². The second-order valence-electron chi connectivity index (χ2n) is 3.91. The fraction of sp³-hybridized carbons (Fsp3) is 0.0769. The molecule has 2 rings (SSSR count). The van der Waals surface area contributed by atoms with Crippen LogP contribution in [0.4, 0.5) is 10.1 Å². The Morgan fingerprint density at radius 2 is 2.16 bits per heavy atom. The molecule has 0 aliphatic rings. The van der Waals surface area contributed by atoms with Crippen LogP contribution in [0.1, 0.15) is 15.9 Å². The van der Waals surface area contributed by atoms with Gasteiger partial charge in [-0.3, -0.25) is 4.79 Å². The van der Waals surface area contributed by atoms with Crippen LogP contribution >= 0.6 is 27.5 Å². The van der Waals surface area contributed by atoms with Crippen LogP contribution in [0.3, 0.4) is 0 Å². The monoisotopic (exact) mass is 342 g/mol. The number of hydrogen-bond acceptors (Lipinski definition) is 2. The highest BCUT2D eigenvalue weighted by molar-refractivity contribution is 9.10. The summed E-state index contributed by atoms with van der Waals surface area (Å²) in [6.07, 6.45) is 1.53. The number of aryl methyl sites for hydroxylation is 1. The van der Waals surface area contributed by atoms with Crippen LogP contribution < -0.4 is 5.32 Å². The van der Waals surface area contributed by atoms with Crippen LogP contribution in [0.5, 0.6) is 0 Å². The van der Waals surface area contributed by atoms with E-state index in [9.17, 15) is 9.18 Å². The van der Waals surface area contributed by atoms with Crippen molar-refractivity contribution in [3.63, 3.8) is 0 Å². The van der Waals surface area contributed by atoms with Gasteiger partial charge in [-0.15, -0.1) is 0 Å². The number of amides is 1. The topological polar surface area (TPSA) is 42.0 Å². The van der Waals surface area contributed by atoms with E-state index in [-0.39, 0.29) is 16.5 Å². The minimum Gasteiger partial charge on any atom is -0.321 e.